The molecule has 6 heteroatoms. The van der Waals surface area contributed by atoms with Crippen molar-refractivity contribution in [3.63, 3.8) is 0 Å². The van der Waals surface area contributed by atoms with Gasteiger partial charge < -0.3 is 18.6 Å². The Morgan fingerprint density at radius 1 is 1.19 bits per heavy atom. The van der Waals surface area contributed by atoms with E-state index >= 15 is 0 Å². The molecule has 0 spiro atoms. The van der Waals surface area contributed by atoms with Gasteiger partial charge >= 0.3 is 5.97 Å². The summed E-state index contributed by atoms with van der Waals surface area (Å²) in [5, 5.41) is 0. The topological polar surface area (TPSA) is 75.0 Å². The summed E-state index contributed by atoms with van der Waals surface area (Å²) in [6.07, 6.45) is 1.39. The van der Waals surface area contributed by atoms with Gasteiger partial charge in [-0.25, -0.2) is 4.79 Å². The van der Waals surface area contributed by atoms with Crippen LogP contribution in [0, 0.1) is 6.92 Å². The monoisotopic (exact) mass is 288 g/mol. The number of carbonyl (C=O) groups excluding carboxylic acids is 2. The van der Waals surface area contributed by atoms with Crippen LogP contribution in [0.5, 0.6) is 11.5 Å². The van der Waals surface area contributed by atoms with Gasteiger partial charge in [-0.15, -0.1) is 0 Å². The zero-order valence-corrected chi connectivity index (χ0v) is 11.3. The standard InChI is InChI=1S/C15H12O6/c1-9-11(4-5-18-9)15(17)19-7-12(16)10-2-3-13-14(6-10)21-8-20-13/h2-6H,7-8H2,1H3. The molecular formula is C15H12O6. The molecule has 1 aliphatic rings. The molecule has 0 fully saturated rings. The van der Waals surface area contributed by atoms with Crippen LogP contribution in [0.15, 0.2) is 34.9 Å². The van der Waals surface area contributed by atoms with Gasteiger partial charge in [-0.2, -0.15) is 0 Å². The maximum atomic E-state index is 12.0. The van der Waals surface area contributed by atoms with Gasteiger partial charge in [0.2, 0.25) is 6.79 Å². The van der Waals surface area contributed by atoms with E-state index in [9.17, 15) is 9.59 Å². The molecule has 1 aromatic heterocycles. The number of aryl methyl sites for hydroxylation is 1. The molecule has 0 aliphatic carbocycles. The maximum absolute atomic E-state index is 12.0. The van der Waals surface area contributed by atoms with E-state index in [0.29, 0.717) is 28.4 Å². The Hall–Kier alpha value is -2.76. The summed E-state index contributed by atoms with van der Waals surface area (Å²) >= 11 is 0. The zero-order chi connectivity index (χ0) is 14.8. The molecule has 21 heavy (non-hydrogen) atoms. The Kier molecular flexibility index (Phi) is 3.35. The second-order valence-electron chi connectivity index (χ2n) is 4.46. The van der Waals surface area contributed by atoms with Crippen LogP contribution in [0.2, 0.25) is 0 Å². The number of ether oxygens (including phenoxy) is 3. The molecule has 0 N–H and O–H groups in total. The van der Waals surface area contributed by atoms with Gasteiger partial charge in [-0.3, -0.25) is 4.79 Å². The van der Waals surface area contributed by atoms with Crippen molar-refractivity contribution in [2.75, 3.05) is 13.4 Å². The lowest BCUT2D eigenvalue weighted by molar-refractivity contribution is 0.0473. The Morgan fingerprint density at radius 2 is 2.00 bits per heavy atom. The molecule has 1 aliphatic heterocycles. The molecule has 0 amide bonds. The first-order chi connectivity index (χ1) is 10.1. The molecule has 0 saturated heterocycles. The number of furan rings is 1. The number of esters is 1. The molecule has 2 aromatic rings. The van der Waals surface area contributed by atoms with Crippen molar-refractivity contribution >= 4 is 11.8 Å². The maximum Gasteiger partial charge on any atom is 0.342 e. The van der Waals surface area contributed by atoms with Crippen molar-refractivity contribution in [3.8, 4) is 11.5 Å². The van der Waals surface area contributed by atoms with Crippen LogP contribution in [0.4, 0.5) is 0 Å². The predicted molar refractivity (Wildman–Crippen MR) is 70.6 cm³/mol. The third kappa shape index (κ3) is 2.60. The third-order valence-corrected chi connectivity index (χ3v) is 3.11. The lowest BCUT2D eigenvalue weighted by atomic mass is 10.1. The van der Waals surface area contributed by atoms with Crippen molar-refractivity contribution in [1.82, 2.24) is 0 Å². The summed E-state index contributed by atoms with van der Waals surface area (Å²) < 4.78 is 20.4. The number of hydrogen-bond acceptors (Lipinski definition) is 6. The predicted octanol–water partition coefficient (Wildman–Crippen LogP) is 2.36. The van der Waals surface area contributed by atoms with Crippen molar-refractivity contribution in [2.24, 2.45) is 0 Å². The minimum Gasteiger partial charge on any atom is -0.469 e. The highest BCUT2D eigenvalue weighted by atomic mass is 16.7. The van der Waals surface area contributed by atoms with E-state index in [-0.39, 0.29) is 19.2 Å². The average Bonchev–Trinajstić information content (AvgIpc) is 3.11. The number of hydrogen-bond donors (Lipinski definition) is 0. The van der Waals surface area contributed by atoms with E-state index in [4.69, 9.17) is 18.6 Å². The molecule has 6 nitrogen and oxygen atoms in total. The molecule has 0 radical (unpaired) electrons. The van der Waals surface area contributed by atoms with E-state index in [0.717, 1.165) is 0 Å². The molecule has 0 atom stereocenters. The summed E-state index contributed by atoms with van der Waals surface area (Å²) in [5.41, 5.74) is 0.712. The van der Waals surface area contributed by atoms with Crippen LogP contribution in [-0.4, -0.2) is 25.2 Å². The molecule has 0 unspecified atom stereocenters. The first-order valence-corrected chi connectivity index (χ1v) is 6.29. The lowest BCUT2D eigenvalue weighted by Crippen LogP contribution is -2.14. The summed E-state index contributed by atoms with van der Waals surface area (Å²) in [5.74, 6) is 0.657. The van der Waals surface area contributed by atoms with Gasteiger partial charge in [-0.1, -0.05) is 0 Å². The molecule has 0 saturated carbocycles. The van der Waals surface area contributed by atoms with Gasteiger partial charge in [0.25, 0.3) is 0 Å². The smallest absolute Gasteiger partial charge is 0.342 e. The SMILES string of the molecule is Cc1occc1C(=O)OCC(=O)c1ccc2c(c1)OCO2. The van der Waals surface area contributed by atoms with Crippen LogP contribution >= 0.6 is 0 Å². The molecular weight excluding hydrogens is 276 g/mol. The van der Waals surface area contributed by atoms with Crippen molar-refractivity contribution < 1.29 is 28.2 Å². The zero-order valence-electron chi connectivity index (χ0n) is 11.3. The van der Waals surface area contributed by atoms with Gasteiger partial charge in [0, 0.05) is 5.56 Å². The van der Waals surface area contributed by atoms with Crippen LogP contribution in [0.1, 0.15) is 26.5 Å². The highest BCUT2D eigenvalue weighted by molar-refractivity contribution is 6.00. The number of carbonyl (C=O) groups is 2. The first kappa shape index (κ1) is 13.2. The largest absolute Gasteiger partial charge is 0.469 e. The number of ketones is 1. The summed E-state index contributed by atoms with van der Waals surface area (Å²) in [4.78, 5) is 23.8. The highest BCUT2D eigenvalue weighted by Gasteiger charge is 2.18. The van der Waals surface area contributed by atoms with Crippen LogP contribution in [0.3, 0.4) is 0 Å². The molecule has 1 aromatic carbocycles. The minimum atomic E-state index is -0.588. The Balaban J connectivity index is 1.64. The number of fused-ring (bicyclic) bond motifs is 1. The van der Waals surface area contributed by atoms with Crippen LogP contribution < -0.4 is 9.47 Å². The fraction of sp³-hybridized carbons (Fsp3) is 0.200. The van der Waals surface area contributed by atoms with Crippen LogP contribution in [-0.2, 0) is 4.74 Å². The van der Waals surface area contributed by atoms with Gasteiger partial charge in [0.05, 0.1) is 6.26 Å². The Morgan fingerprint density at radius 3 is 2.76 bits per heavy atom. The quantitative estimate of drug-likeness (QED) is 0.635. The second kappa shape index (κ2) is 5.32. The summed E-state index contributed by atoms with van der Waals surface area (Å²) in [7, 11) is 0. The number of rotatable bonds is 4. The van der Waals surface area contributed by atoms with E-state index in [1.807, 2.05) is 0 Å². The van der Waals surface area contributed by atoms with Crippen molar-refractivity contribution in [2.45, 2.75) is 6.92 Å². The minimum absolute atomic E-state index is 0.141. The van der Waals surface area contributed by atoms with Gasteiger partial charge in [0.1, 0.15) is 11.3 Å². The van der Waals surface area contributed by atoms with Gasteiger partial charge in [0.15, 0.2) is 23.9 Å². The van der Waals surface area contributed by atoms with Gasteiger partial charge in [-0.05, 0) is 31.2 Å². The Bertz CT molecular complexity index is 700. The lowest BCUT2D eigenvalue weighted by Gasteiger charge is -2.04. The molecule has 0 bridgehead atoms. The second-order valence-corrected chi connectivity index (χ2v) is 4.46. The number of Topliss-reactive ketones (excluding diaryl/α,β-unsaturated/α-hetero) is 1. The third-order valence-electron chi connectivity index (χ3n) is 3.11. The fourth-order valence-electron chi connectivity index (χ4n) is 1.96. The normalized spacial score (nSPS) is 12.2. The van der Waals surface area contributed by atoms with E-state index in [2.05, 4.69) is 0 Å². The van der Waals surface area contributed by atoms with E-state index in [1.54, 1.807) is 25.1 Å². The van der Waals surface area contributed by atoms with Crippen LogP contribution in [0.25, 0.3) is 0 Å². The summed E-state index contributed by atoms with van der Waals surface area (Å²) in [6, 6.07) is 6.33. The number of benzene rings is 1. The molecule has 108 valence electrons. The highest BCUT2D eigenvalue weighted by Crippen LogP contribution is 2.32. The summed E-state index contributed by atoms with van der Waals surface area (Å²) in [6.45, 7) is 1.45. The average molecular weight is 288 g/mol. The molecule has 3 rings (SSSR count). The van der Waals surface area contributed by atoms with Crippen molar-refractivity contribution in [3.05, 3.63) is 47.4 Å². The van der Waals surface area contributed by atoms with E-state index < -0.39 is 5.97 Å². The van der Waals surface area contributed by atoms with E-state index in [1.165, 1.54) is 12.3 Å². The fourth-order valence-corrected chi connectivity index (χ4v) is 1.96. The Labute approximate surface area is 120 Å². The molecule has 2 heterocycles. The van der Waals surface area contributed by atoms with Crippen molar-refractivity contribution in [1.29, 1.82) is 0 Å². The first-order valence-electron chi connectivity index (χ1n) is 6.29.